The molecule has 1 aromatic heterocycles. The minimum absolute atomic E-state index is 0.123. The van der Waals surface area contributed by atoms with E-state index in [0.717, 1.165) is 5.56 Å². The van der Waals surface area contributed by atoms with E-state index in [1.807, 2.05) is 30.3 Å². The monoisotopic (exact) mass is 410 g/mol. The molecule has 27 heavy (non-hydrogen) atoms. The highest BCUT2D eigenvalue weighted by Gasteiger charge is 2.34. The summed E-state index contributed by atoms with van der Waals surface area (Å²) in [5.41, 5.74) is 2.63. The van der Waals surface area contributed by atoms with Crippen LogP contribution in [0.3, 0.4) is 0 Å². The number of likely N-dealkylation sites (N-methyl/N-ethyl adjacent to an activating group) is 1. The first-order valence-electron chi connectivity index (χ1n) is 8.56. The van der Waals surface area contributed by atoms with Crippen molar-refractivity contribution in [3.05, 3.63) is 57.7 Å². The first-order valence-corrected chi connectivity index (χ1v) is 10.9. The Hall–Kier alpha value is -1.69. The molecule has 0 saturated carbocycles. The van der Waals surface area contributed by atoms with Crippen LogP contribution in [0.25, 0.3) is 0 Å². The number of Topliss-reactive ketones (excluding diaryl/α,β-unsaturated/α-hetero) is 1. The lowest BCUT2D eigenvalue weighted by Gasteiger charge is -2.44. The third-order valence-electron chi connectivity index (χ3n) is 4.56. The fraction of sp³-hybridized carbons (Fsp3) is 0.412. The SMILES string of the molecule is C[N+]1([O-])CCN(S(=O)(=O)N[C@@H](Cc2ccccc2)C(=O)c2cscn2)CC1. The average molecular weight is 411 g/mol. The van der Waals surface area contributed by atoms with Crippen LogP contribution in [0.1, 0.15) is 16.1 Å². The van der Waals surface area contributed by atoms with Gasteiger partial charge in [0.1, 0.15) is 5.69 Å². The van der Waals surface area contributed by atoms with Crippen LogP contribution in [-0.4, -0.2) is 67.4 Å². The number of nitrogens with zero attached hydrogens (tertiary/aromatic N) is 3. The Morgan fingerprint density at radius 2 is 2.00 bits per heavy atom. The molecule has 1 atom stereocenters. The lowest BCUT2D eigenvalue weighted by atomic mass is 10.0. The molecule has 2 heterocycles. The number of benzene rings is 1. The summed E-state index contributed by atoms with van der Waals surface area (Å²) in [7, 11) is -2.37. The largest absolute Gasteiger partial charge is 0.633 e. The summed E-state index contributed by atoms with van der Waals surface area (Å²) in [5.74, 6) is -0.370. The van der Waals surface area contributed by atoms with Crippen LogP contribution in [0.4, 0.5) is 0 Å². The molecule has 0 bridgehead atoms. The highest BCUT2D eigenvalue weighted by molar-refractivity contribution is 7.87. The zero-order valence-electron chi connectivity index (χ0n) is 14.9. The molecule has 1 aliphatic rings. The third-order valence-corrected chi connectivity index (χ3v) is 6.77. The number of aromatic nitrogens is 1. The smallest absolute Gasteiger partial charge is 0.280 e. The van der Waals surface area contributed by atoms with E-state index in [1.54, 1.807) is 10.9 Å². The highest BCUT2D eigenvalue weighted by Crippen LogP contribution is 2.15. The number of hydroxylamine groups is 3. The van der Waals surface area contributed by atoms with Gasteiger partial charge in [-0.2, -0.15) is 17.4 Å². The third kappa shape index (κ3) is 5.18. The molecule has 0 unspecified atom stereocenters. The van der Waals surface area contributed by atoms with E-state index in [9.17, 15) is 18.4 Å². The molecule has 0 amide bonds. The van der Waals surface area contributed by atoms with Gasteiger partial charge in [-0.05, 0) is 12.0 Å². The van der Waals surface area contributed by atoms with Gasteiger partial charge in [-0.15, -0.1) is 11.3 Å². The van der Waals surface area contributed by atoms with E-state index < -0.39 is 20.9 Å². The second-order valence-electron chi connectivity index (χ2n) is 6.75. The van der Waals surface area contributed by atoms with Crippen LogP contribution in [0.15, 0.2) is 41.2 Å². The summed E-state index contributed by atoms with van der Waals surface area (Å²) in [4.78, 5) is 16.8. The fourth-order valence-corrected chi connectivity index (χ4v) is 4.80. The van der Waals surface area contributed by atoms with E-state index in [1.165, 1.54) is 22.7 Å². The summed E-state index contributed by atoms with van der Waals surface area (Å²) >= 11 is 1.28. The predicted molar refractivity (Wildman–Crippen MR) is 103 cm³/mol. The van der Waals surface area contributed by atoms with Crippen molar-refractivity contribution in [2.75, 3.05) is 33.2 Å². The molecule has 1 aliphatic heterocycles. The Kier molecular flexibility index (Phi) is 6.04. The minimum Gasteiger partial charge on any atom is -0.633 e. The number of ketones is 1. The first kappa shape index (κ1) is 20.1. The number of hydrogen-bond acceptors (Lipinski definition) is 6. The minimum atomic E-state index is -3.90. The van der Waals surface area contributed by atoms with Gasteiger partial charge in [0, 0.05) is 5.38 Å². The van der Waals surface area contributed by atoms with Gasteiger partial charge in [0.15, 0.2) is 5.78 Å². The molecule has 3 rings (SSSR count). The zero-order chi connectivity index (χ0) is 19.5. The van der Waals surface area contributed by atoms with E-state index in [0.29, 0.717) is 0 Å². The number of hydrogen-bond donors (Lipinski definition) is 1. The summed E-state index contributed by atoms with van der Waals surface area (Å²) in [6.45, 7) is 0.616. The average Bonchev–Trinajstić information content (AvgIpc) is 3.15. The van der Waals surface area contributed by atoms with Gasteiger partial charge in [0.2, 0.25) is 0 Å². The summed E-state index contributed by atoms with van der Waals surface area (Å²) in [5, 5.41) is 13.6. The highest BCUT2D eigenvalue weighted by atomic mass is 32.2. The standard InChI is InChI=1S/C17H22N4O4S2/c1-21(23)9-7-20(8-10-21)27(24,25)19-15(11-14-5-3-2-4-6-14)17(22)16-12-26-13-18-16/h2-6,12-13,15,19H,7-11H2,1H3/t15-/m0/s1. The summed E-state index contributed by atoms with van der Waals surface area (Å²) in [6.07, 6.45) is 0.222. The van der Waals surface area contributed by atoms with Gasteiger partial charge >= 0.3 is 0 Å². The Labute approximate surface area is 162 Å². The molecule has 10 heteroatoms. The molecule has 8 nitrogen and oxygen atoms in total. The molecule has 146 valence electrons. The van der Waals surface area contributed by atoms with Crippen molar-refractivity contribution in [2.24, 2.45) is 0 Å². The van der Waals surface area contributed by atoms with E-state index >= 15 is 0 Å². The Balaban J connectivity index is 1.79. The van der Waals surface area contributed by atoms with E-state index in [2.05, 4.69) is 9.71 Å². The normalized spacial score (nSPS) is 18.9. The number of rotatable bonds is 7. The molecule has 1 fully saturated rings. The second-order valence-corrected chi connectivity index (χ2v) is 9.17. The van der Waals surface area contributed by atoms with Crippen molar-refractivity contribution in [2.45, 2.75) is 12.5 Å². The molecule has 1 saturated heterocycles. The van der Waals surface area contributed by atoms with Crippen LogP contribution >= 0.6 is 11.3 Å². The number of carbonyl (C=O) groups excluding carboxylic acids is 1. The van der Waals surface area contributed by atoms with Crippen LogP contribution in [0, 0.1) is 5.21 Å². The van der Waals surface area contributed by atoms with Crippen LogP contribution in [0.2, 0.25) is 0 Å². The molecule has 0 aliphatic carbocycles. The van der Waals surface area contributed by atoms with Crippen molar-refractivity contribution in [1.82, 2.24) is 14.0 Å². The molecule has 0 spiro atoms. The van der Waals surface area contributed by atoms with Gasteiger partial charge in [0.25, 0.3) is 10.2 Å². The van der Waals surface area contributed by atoms with Crippen molar-refractivity contribution in [3.63, 3.8) is 0 Å². The van der Waals surface area contributed by atoms with Gasteiger partial charge in [-0.1, -0.05) is 30.3 Å². The maximum absolute atomic E-state index is 12.8. The summed E-state index contributed by atoms with van der Waals surface area (Å²) in [6, 6.07) is 8.26. The second kappa shape index (κ2) is 8.13. The van der Waals surface area contributed by atoms with Crippen LogP contribution in [-0.2, 0) is 16.6 Å². The summed E-state index contributed by atoms with van der Waals surface area (Å²) < 4.78 is 28.9. The van der Waals surface area contributed by atoms with Crippen molar-refractivity contribution < 1.29 is 17.9 Å². The number of quaternary nitrogens is 1. The zero-order valence-corrected chi connectivity index (χ0v) is 16.6. The number of nitrogens with one attached hydrogen (secondary N) is 1. The van der Waals surface area contributed by atoms with Crippen molar-refractivity contribution in [3.8, 4) is 0 Å². The number of piperazine rings is 1. The quantitative estimate of drug-likeness (QED) is 0.417. The molecular formula is C17H22N4O4S2. The molecule has 1 N–H and O–H groups in total. The van der Waals surface area contributed by atoms with Crippen LogP contribution in [0.5, 0.6) is 0 Å². The van der Waals surface area contributed by atoms with Gasteiger partial charge < -0.3 is 9.85 Å². The lowest BCUT2D eigenvalue weighted by Crippen LogP contribution is -2.58. The van der Waals surface area contributed by atoms with Crippen molar-refractivity contribution in [1.29, 1.82) is 0 Å². The predicted octanol–water partition coefficient (Wildman–Crippen LogP) is 1.03. The molecule has 2 aromatic rings. The Morgan fingerprint density at radius 3 is 2.59 bits per heavy atom. The van der Waals surface area contributed by atoms with E-state index in [4.69, 9.17) is 0 Å². The molecular weight excluding hydrogens is 388 g/mol. The topological polar surface area (TPSA) is 102 Å². The first-order chi connectivity index (χ1) is 12.8. The maximum Gasteiger partial charge on any atom is 0.280 e. The molecule has 1 aromatic carbocycles. The van der Waals surface area contributed by atoms with Gasteiger partial charge in [-0.3, -0.25) is 4.79 Å². The Bertz CT molecular complexity index is 860. The van der Waals surface area contributed by atoms with E-state index in [-0.39, 0.29) is 44.1 Å². The molecule has 0 radical (unpaired) electrons. The van der Waals surface area contributed by atoms with Crippen molar-refractivity contribution >= 4 is 27.3 Å². The van der Waals surface area contributed by atoms with Gasteiger partial charge in [0.05, 0.1) is 44.8 Å². The van der Waals surface area contributed by atoms with Gasteiger partial charge in [-0.25, -0.2) is 4.98 Å². The lowest BCUT2D eigenvalue weighted by molar-refractivity contribution is -0.864. The fourth-order valence-electron chi connectivity index (χ4n) is 2.91. The van der Waals surface area contributed by atoms with Crippen LogP contribution < -0.4 is 4.72 Å². The number of carbonyl (C=O) groups is 1. The Morgan fingerprint density at radius 1 is 1.33 bits per heavy atom. The number of thiazole rings is 1. The maximum atomic E-state index is 12.8.